The number of rotatable bonds is 11. The molecule has 0 aromatic heterocycles. The Labute approximate surface area is 154 Å². The fraction of sp³-hybridized carbons (Fsp3) is 0.765. The lowest BCUT2D eigenvalue weighted by atomic mass is 10.1. The molecule has 1 aliphatic rings. The SMILES string of the molecule is CCCCCC(=O)N1CCCC1C(=O)NC(CCCNC(=N)N)C(=O)O. The van der Waals surface area contributed by atoms with Crippen molar-refractivity contribution < 1.29 is 19.5 Å². The number of unbranched alkanes of at least 4 members (excludes halogenated alkanes) is 2. The Hall–Kier alpha value is -2.32. The molecule has 2 atom stereocenters. The van der Waals surface area contributed by atoms with E-state index in [1.165, 1.54) is 0 Å². The lowest BCUT2D eigenvalue weighted by molar-refractivity contribution is -0.144. The Bertz CT molecular complexity index is 511. The van der Waals surface area contributed by atoms with Gasteiger partial charge in [0.25, 0.3) is 0 Å². The van der Waals surface area contributed by atoms with E-state index in [2.05, 4.69) is 17.6 Å². The maximum Gasteiger partial charge on any atom is 0.326 e. The van der Waals surface area contributed by atoms with Crippen molar-refractivity contribution in [1.29, 1.82) is 5.41 Å². The van der Waals surface area contributed by atoms with Crippen molar-refractivity contribution in [3.63, 3.8) is 0 Å². The molecule has 0 aromatic carbocycles. The van der Waals surface area contributed by atoms with Crippen molar-refractivity contribution in [3.8, 4) is 0 Å². The van der Waals surface area contributed by atoms with Crippen molar-refractivity contribution in [2.75, 3.05) is 13.1 Å². The van der Waals surface area contributed by atoms with E-state index in [9.17, 15) is 19.5 Å². The van der Waals surface area contributed by atoms with Gasteiger partial charge in [-0.2, -0.15) is 0 Å². The zero-order valence-corrected chi connectivity index (χ0v) is 15.4. The Morgan fingerprint density at radius 2 is 2.04 bits per heavy atom. The summed E-state index contributed by atoms with van der Waals surface area (Å²) in [7, 11) is 0. The summed E-state index contributed by atoms with van der Waals surface area (Å²) >= 11 is 0. The number of carbonyl (C=O) groups excluding carboxylic acids is 2. The second-order valence-electron chi connectivity index (χ2n) is 6.58. The van der Waals surface area contributed by atoms with Crippen LogP contribution in [0.15, 0.2) is 0 Å². The van der Waals surface area contributed by atoms with Crippen LogP contribution in [0.4, 0.5) is 0 Å². The number of hydrogen-bond donors (Lipinski definition) is 5. The largest absolute Gasteiger partial charge is 0.480 e. The average molecular weight is 369 g/mol. The Morgan fingerprint density at radius 1 is 1.31 bits per heavy atom. The number of likely N-dealkylation sites (tertiary alicyclic amines) is 1. The monoisotopic (exact) mass is 369 g/mol. The maximum atomic E-state index is 12.5. The minimum absolute atomic E-state index is 0.0337. The standard InChI is InChI=1S/C17H31N5O4/c1-2-3-4-9-14(23)22-11-6-8-13(22)15(24)21-12(16(25)26)7-5-10-20-17(18)19/h12-13H,2-11H2,1H3,(H,21,24)(H,25,26)(H4,18,19,20). The number of hydrogen-bond acceptors (Lipinski definition) is 4. The van der Waals surface area contributed by atoms with Crippen molar-refractivity contribution in [1.82, 2.24) is 15.5 Å². The van der Waals surface area contributed by atoms with Gasteiger partial charge in [0.2, 0.25) is 11.8 Å². The molecule has 1 heterocycles. The lowest BCUT2D eigenvalue weighted by Crippen LogP contribution is -2.51. The smallest absolute Gasteiger partial charge is 0.326 e. The quantitative estimate of drug-likeness (QED) is 0.202. The molecule has 1 fully saturated rings. The molecule has 0 bridgehead atoms. The second-order valence-corrected chi connectivity index (χ2v) is 6.58. The molecule has 2 amide bonds. The molecule has 1 aliphatic heterocycles. The topological polar surface area (TPSA) is 149 Å². The van der Waals surface area contributed by atoms with Crippen molar-refractivity contribution in [2.45, 2.75) is 70.4 Å². The summed E-state index contributed by atoms with van der Waals surface area (Å²) in [5, 5.41) is 21.5. The van der Waals surface area contributed by atoms with Crippen LogP contribution in [0.5, 0.6) is 0 Å². The predicted molar refractivity (Wildman–Crippen MR) is 97.6 cm³/mol. The number of nitrogens with one attached hydrogen (secondary N) is 3. The average Bonchev–Trinajstić information content (AvgIpc) is 3.07. The van der Waals surface area contributed by atoms with Crippen LogP contribution in [0.3, 0.4) is 0 Å². The van der Waals surface area contributed by atoms with Crippen LogP contribution in [0.1, 0.15) is 58.3 Å². The van der Waals surface area contributed by atoms with Gasteiger partial charge in [-0.05, 0) is 32.1 Å². The van der Waals surface area contributed by atoms with Gasteiger partial charge in [0.05, 0.1) is 0 Å². The number of carboxylic acids is 1. The van der Waals surface area contributed by atoms with E-state index in [1.54, 1.807) is 4.90 Å². The summed E-state index contributed by atoms with van der Waals surface area (Å²) in [4.78, 5) is 37.8. The number of aliphatic carboxylic acids is 1. The highest BCUT2D eigenvalue weighted by Gasteiger charge is 2.35. The van der Waals surface area contributed by atoms with E-state index in [0.29, 0.717) is 32.4 Å². The Balaban J connectivity index is 2.54. The fourth-order valence-electron chi connectivity index (χ4n) is 3.06. The molecule has 2 unspecified atom stereocenters. The fourth-order valence-corrected chi connectivity index (χ4v) is 3.06. The first-order valence-electron chi connectivity index (χ1n) is 9.27. The van der Waals surface area contributed by atoms with Crippen LogP contribution < -0.4 is 16.4 Å². The zero-order chi connectivity index (χ0) is 19.5. The molecule has 6 N–H and O–H groups in total. The number of nitrogens with two attached hydrogens (primary N) is 1. The summed E-state index contributed by atoms with van der Waals surface area (Å²) in [6.07, 6.45) is 5.21. The molecule has 1 rings (SSSR count). The van der Waals surface area contributed by atoms with Crippen molar-refractivity contribution in [3.05, 3.63) is 0 Å². The van der Waals surface area contributed by atoms with E-state index in [-0.39, 0.29) is 18.3 Å². The summed E-state index contributed by atoms with van der Waals surface area (Å²) in [6.45, 7) is 2.97. The van der Waals surface area contributed by atoms with Crippen LogP contribution in [0.25, 0.3) is 0 Å². The van der Waals surface area contributed by atoms with Gasteiger partial charge in [0, 0.05) is 19.5 Å². The van der Waals surface area contributed by atoms with Crippen LogP contribution in [-0.2, 0) is 14.4 Å². The third kappa shape index (κ3) is 7.28. The van der Waals surface area contributed by atoms with Gasteiger partial charge in [-0.25, -0.2) is 4.79 Å². The number of amides is 2. The highest BCUT2D eigenvalue weighted by Crippen LogP contribution is 2.20. The van der Waals surface area contributed by atoms with Crippen LogP contribution in [-0.4, -0.2) is 58.9 Å². The molecule has 0 saturated carbocycles. The first kappa shape index (κ1) is 21.7. The second kappa shape index (κ2) is 11.3. The highest BCUT2D eigenvalue weighted by molar-refractivity contribution is 5.90. The van der Waals surface area contributed by atoms with Crippen LogP contribution in [0, 0.1) is 5.41 Å². The van der Waals surface area contributed by atoms with Gasteiger partial charge < -0.3 is 26.4 Å². The summed E-state index contributed by atoms with van der Waals surface area (Å²) < 4.78 is 0. The lowest BCUT2D eigenvalue weighted by Gasteiger charge is -2.25. The molecule has 0 aromatic rings. The molecular weight excluding hydrogens is 338 g/mol. The maximum absolute atomic E-state index is 12.5. The zero-order valence-electron chi connectivity index (χ0n) is 15.4. The van der Waals surface area contributed by atoms with E-state index in [1.807, 2.05) is 0 Å². The third-order valence-corrected chi connectivity index (χ3v) is 4.47. The summed E-state index contributed by atoms with van der Waals surface area (Å²) in [5.74, 6) is -1.73. The van der Waals surface area contributed by atoms with Crippen molar-refractivity contribution >= 4 is 23.7 Å². The predicted octanol–water partition coefficient (Wildman–Crippen LogP) is 0.390. The normalized spacial score (nSPS) is 17.6. The van der Waals surface area contributed by atoms with Gasteiger partial charge in [0.1, 0.15) is 12.1 Å². The van der Waals surface area contributed by atoms with Crippen molar-refractivity contribution in [2.24, 2.45) is 5.73 Å². The molecule has 9 nitrogen and oxygen atoms in total. The minimum Gasteiger partial charge on any atom is -0.480 e. The van der Waals surface area contributed by atoms with Gasteiger partial charge >= 0.3 is 5.97 Å². The van der Waals surface area contributed by atoms with E-state index < -0.39 is 24.0 Å². The Kier molecular flexibility index (Phi) is 9.46. The number of carbonyl (C=O) groups is 3. The van der Waals surface area contributed by atoms with Gasteiger partial charge in [-0.1, -0.05) is 19.8 Å². The molecule has 148 valence electrons. The Morgan fingerprint density at radius 3 is 2.65 bits per heavy atom. The van der Waals surface area contributed by atoms with Crippen LogP contribution in [0.2, 0.25) is 0 Å². The van der Waals surface area contributed by atoms with Gasteiger partial charge in [-0.15, -0.1) is 0 Å². The first-order chi connectivity index (χ1) is 12.4. The molecule has 0 spiro atoms. The third-order valence-electron chi connectivity index (χ3n) is 4.47. The molecule has 1 saturated heterocycles. The summed E-state index contributed by atoms with van der Waals surface area (Å²) in [6, 6.07) is -1.60. The van der Waals surface area contributed by atoms with Gasteiger partial charge in [-0.3, -0.25) is 15.0 Å². The van der Waals surface area contributed by atoms with Gasteiger partial charge in [0.15, 0.2) is 5.96 Å². The first-order valence-corrected chi connectivity index (χ1v) is 9.27. The number of guanidine groups is 1. The molecule has 9 heteroatoms. The number of nitrogens with zero attached hydrogens (tertiary/aromatic N) is 1. The number of carboxylic acid groups (broad SMARTS) is 1. The van der Waals surface area contributed by atoms with Crippen LogP contribution >= 0.6 is 0 Å². The highest BCUT2D eigenvalue weighted by atomic mass is 16.4. The molecular formula is C17H31N5O4. The van der Waals surface area contributed by atoms with E-state index in [0.717, 1.165) is 25.7 Å². The minimum atomic E-state index is -1.11. The summed E-state index contributed by atoms with van der Waals surface area (Å²) in [5.41, 5.74) is 5.17. The van der Waals surface area contributed by atoms with E-state index in [4.69, 9.17) is 11.1 Å². The molecule has 26 heavy (non-hydrogen) atoms. The molecule has 0 radical (unpaired) electrons. The molecule has 0 aliphatic carbocycles. The van der Waals surface area contributed by atoms with E-state index >= 15 is 0 Å².